The molecule has 0 atom stereocenters. The smallest absolute Gasteiger partial charge is 0.355 e. The molecule has 2 fully saturated rings. The summed E-state index contributed by atoms with van der Waals surface area (Å²) < 4.78 is 40.0. The zero-order valence-electron chi connectivity index (χ0n) is 15.3. The quantitative estimate of drug-likeness (QED) is 0.525. The molecule has 2 saturated heterocycles. The molecule has 5 rings (SSSR count). The number of aromatic nitrogens is 6. The van der Waals surface area contributed by atoms with Gasteiger partial charge >= 0.3 is 6.18 Å². The number of fused-ring (bicyclic) bond motifs is 1. The number of hydrogen-bond donors (Lipinski definition) is 1. The molecule has 3 aromatic heterocycles. The molecule has 0 unspecified atom stereocenters. The van der Waals surface area contributed by atoms with E-state index in [2.05, 4.69) is 57.6 Å². The zero-order valence-corrected chi connectivity index (χ0v) is 17.5. The van der Waals surface area contributed by atoms with Gasteiger partial charge in [-0.25, -0.2) is 19.9 Å². The first-order valence-electron chi connectivity index (χ1n) is 9.02. The third kappa shape index (κ3) is 3.26. The molecule has 3 aromatic rings. The lowest BCUT2D eigenvalue weighted by molar-refractivity contribution is -0.141. The van der Waals surface area contributed by atoms with E-state index < -0.39 is 11.9 Å². The lowest BCUT2D eigenvalue weighted by Crippen LogP contribution is -2.58. The highest BCUT2D eigenvalue weighted by Crippen LogP contribution is 2.43. The van der Waals surface area contributed by atoms with Crippen LogP contribution >= 0.6 is 22.6 Å². The Bertz CT molecular complexity index is 1090. The Kier molecular flexibility index (Phi) is 4.12. The van der Waals surface area contributed by atoms with Crippen molar-refractivity contribution in [3.63, 3.8) is 0 Å². The molecule has 152 valence electrons. The number of anilines is 2. The van der Waals surface area contributed by atoms with Gasteiger partial charge < -0.3 is 9.80 Å². The Morgan fingerprint density at radius 2 is 1.86 bits per heavy atom. The maximum Gasteiger partial charge on any atom is 0.433 e. The van der Waals surface area contributed by atoms with E-state index in [1.807, 2.05) is 4.90 Å². The Labute approximate surface area is 177 Å². The monoisotopic (exact) mass is 516 g/mol. The van der Waals surface area contributed by atoms with Crippen LogP contribution in [-0.4, -0.2) is 56.3 Å². The number of H-pyrrole nitrogens is 1. The second kappa shape index (κ2) is 6.37. The fourth-order valence-corrected chi connectivity index (χ4v) is 4.58. The molecule has 1 spiro atoms. The number of rotatable bonds is 2. The van der Waals surface area contributed by atoms with Crippen molar-refractivity contribution in [1.82, 2.24) is 30.1 Å². The van der Waals surface area contributed by atoms with Crippen molar-refractivity contribution in [2.45, 2.75) is 19.5 Å². The van der Waals surface area contributed by atoms with Crippen molar-refractivity contribution in [2.75, 3.05) is 36.0 Å². The highest BCUT2D eigenvalue weighted by molar-refractivity contribution is 14.1. The molecule has 5 heterocycles. The van der Waals surface area contributed by atoms with Gasteiger partial charge in [0.05, 0.1) is 6.20 Å². The summed E-state index contributed by atoms with van der Waals surface area (Å²) in [5.74, 6) is 1.23. The SMILES string of the molecule is Cc1nc(N2CC3(CCN(c4cnc5c(I)[nH]nc5n4)C3)C2)cc(C(F)(F)F)n1. The fourth-order valence-electron chi connectivity index (χ4n) is 4.08. The lowest BCUT2D eigenvalue weighted by atomic mass is 9.79. The Morgan fingerprint density at radius 3 is 2.62 bits per heavy atom. The number of nitrogens with zero attached hydrogens (tertiary/aromatic N) is 7. The summed E-state index contributed by atoms with van der Waals surface area (Å²) in [7, 11) is 0. The van der Waals surface area contributed by atoms with Crippen LogP contribution in [0.2, 0.25) is 0 Å². The van der Waals surface area contributed by atoms with Crippen LogP contribution < -0.4 is 9.80 Å². The van der Waals surface area contributed by atoms with E-state index in [1.165, 1.54) is 6.92 Å². The van der Waals surface area contributed by atoms with E-state index in [1.54, 1.807) is 6.20 Å². The Morgan fingerprint density at radius 1 is 1.10 bits per heavy atom. The maximum absolute atomic E-state index is 13.0. The zero-order chi connectivity index (χ0) is 20.4. The summed E-state index contributed by atoms with van der Waals surface area (Å²) in [6.45, 7) is 4.41. The summed E-state index contributed by atoms with van der Waals surface area (Å²) in [5, 5.41) is 7.03. The largest absolute Gasteiger partial charge is 0.433 e. The molecule has 0 bridgehead atoms. The van der Waals surface area contributed by atoms with Gasteiger partial charge in [0.1, 0.15) is 32.4 Å². The normalized spacial score (nSPS) is 18.7. The average molecular weight is 516 g/mol. The van der Waals surface area contributed by atoms with Crippen LogP contribution in [0.25, 0.3) is 11.2 Å². The Balaban J connectivity index is 1.31. The van der Waals surface area contributed by atoms with E-state index in [4.69, 9.17) is 0 Å². The van der Waals surface area contributed by atoms with Gasteiger partial charge in [0.2, 0.25) is 5.65 Å². The molecule has 0 saturated carbocycles. The molecule has 8 nitrogen and oxygen atoms in total. The molecule has 2 aliphatic rings. The number of aryl methyl sites for hydroxylation is 1. The van der Waals surface area contributed by atoms with Crippen LogP contribution in [0.5, 0.6) is 0 Å². The second-order valence-corrected chi connectivity index (χ2v) is 8.70. The van der Waals surface area contributed by atoms with Crippen LogP contribution in [-0.2, 0) is 6.18 Å². The summed E-state index contributed by atoms with van der Waals surface area (Å²) in [6.07, 6.45) is -1.78. The standard InChI is InChI=1S/C17H16F3IN8/c1-9-23-10(17(18,19)20)4-11(24-9)29-7-16(8-29)2-3-28(6-16)12-5-22-13-14(21)26-27-15(13)25-12/h4-5H,2-3,6-8H2,1H3,(H,25,26,27). The van der Waals surface area contributed by atoms with Gasteiger partial charge in [0.15, 0.2) is 0 Å². The molecule has 0 aliphatic carbocycles. The Hall–Kier alpha value is -2.25. The molecule has 29 heavy (non-hydrogen) atoms. The predicted octanol–water partition coefficient (Wildman–Crippen LogP) is 2.79. The van der Waals surface area contributed by atoms with Gasteiger partial charge in [-0.1, -0.05) is 0 Å². The number of hydrogen-bond acceptors (Lipinski definition) is 7. The third-order valence-corrected chi connectivity index (χ3v) is 6.22. The fraction of sp³-hybridized carbons (Fsp3) is 0.471. The summed E-state index contributed by atoms with van der Waals surface area (Å²) in [6, 6.07) is 1.03. The van der Waals surface area contributed by atoms with E-state index in [0.29, 0.717) is 24.6 Å². The third-order valence-electron chi connectivity index (χ3n) is 5.46. The van der Waals surface area contributed by atoms with Crippen LogP contribution in [0.3, 0.4) is 0 Å². The van der Waals surface area contributed by atoms with E-state index >= 15 is 0 Å². The summed E-state index contributed by atoms with van der Waals surface area (Å²) >= 11 is 2.13. The topological polar surface area (TPSA) is 86.7 Å². The van der Waals surface area contributed by atoms with Crippen molar-refractivity contribution < 1.29 is 13.2 Å². The minimum Gasteiger partial charge on any atom is -0.355 e. The molecule has 2 aliphatic heterocycles. The van der Waals surface area contributed by atoms with Crippen molar-refractivity contribution in [3.8, 4) is 0 Å². The van der Waals surface area contributed by atoms with Crippen LogP contribution in [0, 0.1) is 16.0 Å². The van der Waals surface area contributed by atoms with Crippen LogP contribution in [0.1, 0.15) is 17.9 Å². The highest BCUT2D eigenvalue weighted by Gasteiger charge is 2.49. The molecule has 0 amide bonds. The molecule has 1 N–H and O–H groups in total. The number of aromatic amines is 1. The number of halogens is 4. The number of nitrogens with one attached hydrogen (secondary N) is 1. The van der Waals surface area contributed by atoms with Gasteiger partial charge in [-0.2, -0.15) is 18.3 Å². The van der Waals surface area contributed by atoms with Crippen molar-refractivity contribution in [2.24, 2.45) is 5.41 Å². The first kappa shape index (κ1) is 18.8. The molecular weight excluding hydrogens is 500 g/mol. The van der Waals surface area contributed by atoms with E-state index in [0.717, 1.165) is 40.6 Å². The first-order valence-corrected chi connectivity index (χ1v) is 10.1. The average Bonchev–Trinajstić information content (AvgIpc) is 3.24. The minimum atomic E-state index is -4.48. The molecular formula is C17H16F3IN8. The summed E-state index contributed by atoms with van der Waals surface area (Å²) in [4.78, 5) is 20.8. The minimum absolute atomic E-state index is 0.0217. The van der Waals surface area contributed by atoms with Crippen molar-refractivity contribution in [3.05, 3.63) is 27.5 Å². The maximum atomic E-state index is 13.0. The first-order chi connectivity index (χ1) is 13.7. The van der Waals surface area contributed by atoms with Crippen molar-refractivity contribution in [1.29, 1.82) is 0 Å². The van der Waals surface area contributed by atoms with E-state index in [9.17, 15) is 13.2 Å². The van der Waals surface area contributed by atoms with Gasteiger partial charge in [0, 0.05) is 37.7 Å². The second-order valence-electron chi connectivity index (χ2n) is 7.62. The van der Waals surface area contributed by atoms with Crippen molar-refractivity contribution >= 4 is 45.4 Å². The summed E-state index contributed by atoms with van der Waals surface area (Å²) in [5.41, 5.74) is 0.455. The van der Waals surface area contributed by atoms with Gasteiger partial charge in [-0.3, -0.25) is 5.10 Å². The lowest BCUT2D eigenvalue weighted by Gasteiger charge is -2.48. The molecule has 12 heteroatoms. The van der Waals surface area contributed by atoms with Crippen LogP contribution in [0.4, 0.5) is 24.8 Å². The van der Waals surface area contributed by atoms with Gasteiger partial charge in [0.25, 0.3) is 0 Å². The predicted molar refractivity (Wildman–Crippen MR) is 108 cm³/mol. The van der Waals surface area contributed by atoms with E-state index in [-0.39, 0.29) is 11.2 Å². The van der Waals surface area contributed by atoms with Crippen LogP contribution in [0.15, 0.2) is 12.3 Å². The highest BCUT2D eigenvalue weighted by atomic mass is 127. The van der Waals surface area contributed by atoms with Gasteiger partial charge in [-0.15, -0.1) is 0 Å². The number of alkyl halides is 3. The molecule has 0 aromatic carbocycles. The molecule has 0 radical (unpaired) electrons. The van der Waals surface area contributed by atoms with Gasteiger partial charge in [-0.05, 0) is 35.9 Å².